The first-order valence-corrected chi connectivity index (χ1v) is 7.80. The predicted molar refractivity (Wildman–Crippen MR) is 85.0 cm³/mol. The molecule has 0 unspecified atom stereocenters. The van der Waals surface area contributed by atoms with E-state index in [1.165, 1.54) is 24.3 Å². The van der Waals surface area contributed by atoms with Crippen LogP contribution in [0.1, 0.15) is 16.7 Å². The molecule has 3 nitrogen and oxygen atoms in total. The number of carbonyl (C=O) groups is 1. The Hall–Kier alpha value is -2.71. The smallest absolute Gasteiger partial charge is 0.406 e. The van der Waals surface area contributed by atoms with Gasteiger partial charge in [-0.3, -0.25) is 4.79 Å². The second-order valence-electron chi connectivity index (χ2n) is 5.66. The first kappa shape index (κ1) is 20.6. The highest BCUT2D eigenvalue weighted by molar-refractivity contribution is 5.78. The van der Waals surface area contributed by atoms with E-state index in [9.17, 15) is 31.1 Å². The molecule has 0 saturated carbocycles. The Labute approximate surface area is 150 Å². The van der Waals surface area contributed by atoms with Gasteiger partial charge in [-0.15, -0.1) is 13.2 Å². The Kier molecular flexibility index (Phi) is 6.35. The van der Waals surface area contributed by atoms with Crippen LogP contribution in [0.5, 0.6) is 5.75 Å². The number of alkyl halides is 6. The van der Waals surface area contributed by atoms with Crippen molar-refractivity contribution in [2.75, 3.05) is 6.54 Å². The maximum Gasteiger partial charge on any atom is 0.573 e. The summed E-state index contributed by atoms with van der Waals surface area (Å²) in [5.74, 6) is -0.736. The Morgan fingerprint density at radius 2 is 1.41 bits per heavy atom. The zero-order valence-corrected chi connectivity index (χ0v) is 13.8. The van der Waals surface area contributed by atoms with Gasteiger partial charge in [0.15, 0.2) is 0 Å². The van der Waals surface area contributed by atoms with Crippen molar-refractivity contribution in [3.63, 3.8) is 0 Å². The molecule has 2 aromatic rings. The average molecular weight is 391 g/mol. The zero-order valence-electron chi connectivity index (χ0n) is 13.8. The molecule has 0 saturated heterocycles. The average Bonchev–Trinajstić information content (AvgIpc) is 2.55. The third-order valence-electron chi connectivity index (χ3n) is 3.54. The van der Waals surface area contributed by atoms with E-state index < -0.39 is 18.1 Å². The van der Waals surface area contributed by atoms with Gasteiger partial charge in [0, 0.05) is 6.54 Å². The molecule has 0 atom stereocenters. The summed E-state index contributed by atoms with van der Waals surface area (Å²) in [6.45, 7) is 0.222. The summed E-state index contributed by atoms with van der Waals surface area (Å²) >= 11 is 0. The fourth-order valence-corrected chi connectivity index (χ4v) is 2.26. The van der Waals surface area contributed by atoms with Crippen molar-refractivity contribution in [2.24, 2.45) is 0 Å². The number of hydrogen-bond acceptors (Lipinski definition) is 2. The normalized spacial score (nSPS) is 11.9. The van der Waals surface area contributed by atoms with Gasteiger partial charge >= 0.3 is 12.5 Å². The number of benzene rings is 2. The molecule has 27 heavy (non-hydrogen) atoms. The quantitative estimate of drug-likeness (QED) is 0.737. The van der Waals surface area contributed by atoms with Gasteiger partial charge in [0.2, 0.25) is 5.91 Å². The minimum atomic E-state index is -4.78. The molecule has 0 fully saturated rings. The molecular weight excluding hydrogens is 376 g/mol. The van der Waals surface area contributed by atoms with E-state index in [-0.39, 0.29) is 24.6 Å². The van der Waals surface area contributed by atoms with Crippen LogP contribution < -0.4 is 10.1 Å². The van der Waals surface area contributed by atoms with Crippen LogP contribution >= 0.6 is 0 Å². The third-order valence-corrected chi connectivity index (χ3v) is 3.54. The fraction of sp³-hybridized carbons (Fsp3) is 0.278. The van der Waals surface area contributed by atoms with E-state index in [0.717, 1.165) is 24.3 Å². The molecule has 0 bridgehead atoms. The van der Waals surface area contributed by atoms with Crippen molar-refractivity contribution >= 4 is 5.91 Å². The molecule has 0 aliphatic rings. The summed E-state index contributed by atoms with van der Waals surface area (Å²) < 4.78 is 77.4. The van der Waals surface area contributed by atoms with Crippen LogP contribution in [0, 0.1) is 0 Å². The monoisotopic (exact) mass is 391 g/mol. The second kappa shape index (κ2) is 8.32. The SMILES string of the molecule is O=C(Cc1ccc(OC(F)(F)F)cc1)NCCc1ccc(C(F)(F)F)cc1. The molecule has 0 spiro atoms. The largest absolute Gasteiger partial charge is 0.573 e. The molecular formula is C18H15F6NO2. The van der Waals surface area contributed by atoms with E-state index in [1.807, 2.05) is 0 Å². The van der Waals surface area contributed by atoms with Crippen molar-refractivity contribution in [2.45, 2.75) is 25.4 Å². The number of rotatable bonds is 6. The predicted octanol–water partition coefficient (Wildman–Crippen LogP) is 4.51. The summed E-state index contributed by atoms with van der Waals surface area (Å²) in [5, 5.41) is 2.60. The Morgan fingerprint density at radius 1 is 0.852 bits per heavy atom. The van der Waals surface area contributed by atoms with Gasteiger partial charge in [0.05, 0.1) is 12.0 Å². The summed E-state index contributed by atoms with van der Waals surface area (Å²) in [6.07, 6.45) is -8.87. The Bertz CT molecular complexity index is 751. The summed E-state index contributed by atoms with van der Waals surface area (Å²) in [7, 11) is 0. The number of hydrogen-bond donors (Lipinski definition) is 1. The minimum absolute atomic E-state index is 0.0424. The first-order chi connectivity index (χ1) is 12.5. The molecule has 1 amide bonds. The van der Waals surface area contributed by atoms with E-state index in [2.05, 4.69) is 10.1 Å². The van der Waals surface area contributed by atoms with Gasteiger partial charge in [-0.25, -0.2) is 0 Å². The van der Waals surface area contributed by atoms with Crippen LogP contribution in [0.2, 0.25) is 0 Å². The molecule has 0 aliphatic heterocycles. The molecule has 0 aromatic heterocycles. The number of halogens is 6. The van der Waals surface area contributed by atoms with Crippen LogP contribution in [0.3, 0.4) is 0 Å². The molecule has 1 N–H and O–H groups in total. The number of carbonyl (C=O) groups excluding carboxylic acids is 1. The van der Waals surface area contributed by atoms with Crippen LogP contribution in [0.15, 0.2) is 48.5 Å². The van der Waals surface area contributed by atoms with Crippen molar-refractivity contribution < 1.29 is 35.9 Å². The lowest BCUT2D eigenvalue weighted by Gasteiger charge is -2.10. The molecule has 0 radical (unpaired) electrons. The maximum absolute atomic E-state index is 12.5. The summed E-state index contributed by atoms with van der Waals surface area (Å²) in [4.78, 5) is 11.8. The lowest BCUT2D eigenvalue weighted by atomic mass is 10.1. The van der Waals surface area contributed by atoms with E-state index in [4.69, 9.17) is 0 Å². The standard InChI is InChI=1S/C18H15F6NO2/c19-17(20,21)14-5-1-12(2-6-14)9-10-25-16(26)11-13-3-7-15(8-4-13)27-18(22,23)24/h1-8H,9-11H2,(H,25,26). The number of amides is 1. The first-order valence-electron chi connectivity index (χ1n) is 7.80. The van der Waals surface area contributed by atoms with Gasteiger partial charge in [-0.05, 0) is 41.8 Å². The number of ether oxygens (including phenoxy) is 1. The van der Waals surface area contributed by atoms with Crippen molar-refractivity contribution in [3.05, 3.63) is 65.2 Å². The van der Waals surface area contributed by atoms with Crippen molar-refractivity contribution in [1.82, 2.24) is 5.32 Å². The summed E-state index contributed by atoms with van der Waals surface area (Å²) in [6, 6.07) is 9.54. The van der Waals surface area contributed by atoms with Crippen LogP contribution in [-0.2, 0) is 23.8 Å². The highest BCUT2D eigenvalue weighted by atomic mass is 19.4. The minimum Gasteiger partial charge on any atom is -0.406 e. The zero-order chi connectivity index (χ0) is 20.1. The fourth-order valence-electron chi connectivity index (χ4n) is 2.26. The van der Waals surface area contributed by atoms with Gasteiger partial charge in [0.25, 0.3) is 0 Å². The molecule has 146 valence electrons. The number of nitrogens with one attached hydrogen (secondary N) is 1. The van der Waals surface area contributed by atoms with Gasteiger partial charge in [-0.1, -0.05) is 24.3 Å². The highest BCUT2D eigenvalue weighted by Gasteiger charge is 2.31. The van der Waals surface area contributed by atoms with E-state index in [0.29, 0.717) is 17.5 Å². The lowest BCUT2D eigenvalue weighted by Crippen LogP contribution is -2.27. The van der Waals surface area contributed by atoms with Gasteiger partial charge in [0.1, 0.15) is 5.75 Å². The van der Waals surface area contributed by atoms with E-state index in [1.54, 1.807) is 0 Å². The second-order valence-corrected chi connectivity index (χ2v) is 5.66. The third kappa shape index (κ3) is 7.20. The van der Waals surface area contributed by atoms with Gasteiger partial charge in [-0.2, -0.15) is 13.2 Å². The Balaban J connectivity index is 1.77. The maximum atomic E-state index is 12.5. The topological polar surface area (TPSA) is 38.3 Å². The van der Waals surface area contributed by atoms with Crippen LogP contribution in [-0.4, -0.2) is 18.8 Å². The molecule has 2 aromatic carbocycles. The molecule has 2 rings (SSSR count). The molecule has 0 heterocycles. The molecule has 9 heteroatoms. The van der Waals surface area contributed by atoms with Crippen molar-refractivity contribution in [1.29, 1.82) is 0 Å². The van der Waals surface area contributed by atoms with E-state index >= 15 is 0 Å². The molecule has 0 aliphatic carbocycles. The van der Waals surface area contributed by atoms with Gasteiger partial charge < -0.3 is 10.1 Å². The highest BCUT2D eigenvalue weighted by Crippen LogP contribution is 2.29. The lowest BCUT2D eigenvalue weighted by molar-refractivity contribution is -0.274. The Morgan fingerprint density at radius 3 is 1.93 bits per heavy atom. The summed E-state index contributed by atoms with van der Waals surface area (Å²) in [5.41, 5.74) is 0.391. The van der Waals surface area contributed by atoms with Crippen LogP contribution in [0.4, 0.5) is 26.3 Å². The van der Waals surface area contributed by atoms with Crippen LogP contribution in [0.25, 0.3) is 0 Å². The van der Waals surface area contributed by atoms with Crippen molar-refractivity contribution in [3.8, 4) is 5.75 Å².